The largest absolute Gasteiger partial charge is 0.393 e. The molecule has 47 valence electrons. The van der Waals surface area contributed by atoms with E-state index >= 15 is 0 Å². The molecule has 1 nitrogen and oxygen atoms in total. The van der Waals surface area contributed by atoms with Crippen molar-refractivity contribution in [3.63, 3.8) is 0 Å². The van der Waals surface area contributed by atoms with E-state index in [1.54, 1.807) is 0 Å². The Morgan fingerprint density at radius 1 is 1.62 bits per heavy atom. The minimum Gasteiger partial charge on any atom is -0.393 e. The van der Waals surface area contributed by atoms with Crippen LogP contribution in [0.1, 0.15) is 32.6 Å². The van der Waals surface area contributed by atoms with Crippen LogP contribution in [-0.4, -0.2) is 11.2 Å². The van der Waals surface area contributed by atoms with E-state index in [1.807, 2.05) is 0 Å². The van der Waals surface area contributed by atoms with Gasteiger partial charge < -0.3 is 5.11 Å². The third-order valence-electron chi connectivity index (χ3n) is 1.72. The van der Waals surface area contributed by atoms with Crippen molar-refractivity contribution in [2.75, 3.05) is 0 Å². The molecule has 1 unspecified atom stereocenters. The van der Waals surface area contributed by atoms with Crippen molar-refractivity contribution in [2.45, 2.75) is 38.7 Å². The van der Waals surface area contributed by atoms with E-state index in [-0.39, 0.29) is 6.10 Å². The SMILES string of the molecule is C[C]1CCCC(O)C1. The molecule has 0 bridgehead atoms. The molecule has 0 aromatic carbocycles. The average Bonchev–Trinajstić information content (AvgIpc) is 1.64. The molecule has 1 N–H and O–H groups in total. The van der Waals surface area contributed by atoms with Crippen molar-refractivity contribution < 1.29 is 5.11 Å². The number of hydrogen-bond acceptors (Lipinski definition) is 1. The van der Waals surface area contributed by atoms with Gasteiger partial charge in [0, 0.05) is 0 Å². The Labute approximate surface area is 50.7 Å². The van der Waals surface area contributed by atoms with E-state index in [0.717, 1.165) is 12.8 Å². The number of hydrogen-bond donors (Lipinski definition) is 1. The van der Waals surface area contributed by atoms with Gasteiger partial charge in [-0.05, 0) is 25.2 Å². The Balaban J connectivity index is 2.23. The second-order valence-corrected chi connectivity index (χ2v) is 2.71. The van der Waals surface area contributed by atoms with Crippen LogP contribution in [0.5, 0.6) is 0 Å². The van der Waals surface area contributed by atoms with Crippen LogP contribution in [0.2, 0.25) is 0 Å². The Morgan fingerprint density at radius 3 is 2.75 bits per heavy atom. The lowest BCUT2D eigenvalue weighted by Crippen LogP contribution is -2.15. The van der Waals surface area contributed by atoms with Crippen molar-refractivity contribution in [1.29, 1.82) is 0 Å². The molecule has 0 aromatic rings. The van der Waals surface area contributed by atoms with Gasteiger partial charge >= 0.3 is 0 Å². The van der Waals surface area contributed by atoms with Gasteiger partial charge in [0.25, 0.3) is 0 Å². The number of aliphatic hydroxyl groups excluding tert-OH is 1. The molecule has 8 heavy (non-hydrogen) atoms. The lowest BCUT2D eigenvalue weighted by atomic mass is 9.89. The lowest BCUT2D eigenvalue weighted by molar-refractivity contribution is 0.139. The van der Waals surface area contributed by atoms with Crippen molar-refractivity contribution >= 4 is 0 Å². The molecular weight excluding hydrogens is 100 g/mol. The van der Waals surface area contributed by atoms with E-state index in [4.69, 9.17) is 5.11 Å². The van der Waals surface area contributed by atoms with Crippen LogP contribution < -0.4 is 0 Å². The minimum atomic E-state index is -0.0243. The maximum Gasteiger partial charge on any atom is 0.0545 e. The summed E-state index contributed by atoms with van der Waals surface area (Å²) in [6, 6.07) is 0. The van der Waals surface area contributed by atoms with Gasteiger partial charge in [0.05, 0.1) is 6.10 Å². The zero-order valence-electron chi connectivity index (χ0n) is 5.35. The van der Waals surface area contributed by atoms with Crippen LogP contribution in [0.15, 0.2) is 0 Å². The van der Waals surface area contributed by atoms with Crippen molar-refractivity contribution in [2.24, 2.45) is 0 Å². The van der Waals surface area contributed by atoms with Crippen LogP contribution in [0.3, 0.4) is 0 Å². The van der Waals surface area contributed by atoms with Crippen molar-refractivity contribution in [3.05, 3.63) is 5.92 Å². The fourth-order valence-corrected chi connectivity index (χ4v) is 1.25. The normalized spacial score (nSPS) is 33.0. The summed E-state index contributed by atoms with van der Waals surface area (Å²) in [5, 5.41) is 9.06. The number of aliphatic hydroxyl groups is 1. The maximum atomic E-state index is 9.06. The first kappa shape index (κ1) is 6.09. The predicted molar refractivity (Wildman–Crippen MR) is 33.4 cm³/mol. The molecule has 0 saturated heterocycles. The Morgan fingerprint density at radius 2 is 2.38 bits per heavy atom. The highest BCUT2D eigenvalue weighted by atomic mass is 16.3. The summed E-state index contributed by atoms with van der Waals surface area (Å²) in [6.07, 6.45) is 4.35. The average molecular weight is 113 g/mol. The van der Waals surface area contributed by atoms with Crippen molar-refractivity contribution in [1.82, 2.24) is 0 Å². The lowest BCUT2D eigenvalue weighted by Gasteiger charge is -2.21. The second-order valence-electron chi connectivity index (χ2n) is 2.71. The van der Waals surface area contributed by atoms with E-state index in [2.05, 4.69) is 6.92 Å². The fraction of sp³-hybridized carbons (Fsp3) is 0.857. The van der Waals surface area contributed by atoms with Crippen LogP contribution in [0.25, 0.3) is 0 Å². The topological polar surface area (TPSA) is 20.2 Å². The molecule has 1 aliphatic carbocycles. The molecule has 0 aliphatic heterocycles. The van der Waals surface area contributed by atoms with Gasteiger partial charge in [0.2, 0.25) is 0 Å². The quantitative estimate of drug-likeness (QED) is 0.505. The summed E-state index contributed by atoms with van der Waals surface area (Å²) >= 11 is 0. The molecular formula is C7H13O. The highest BCUT2D eigenvalue weighted by molar-refractivity contribution is 4.90. The van der Waals surface area contributed by atoms with Gasteiger partial charge in [-0.1, -0.05) is 13.3 Å². The summed E-state index contributed by atoms with van der Waals surface area (Å²) in [7, 11) is 0. The Kier molecular flexibility index (Phi) is 1.90. The highest BCUT2D eigenvalue weighted by Crippen LogP contribution is 2.24. The minimum absolute atomic E-state index is 0.0243. The summed E-state index contributed by atoms with van der Waals surface area (Å²) < 4.78 is 0. The first-order valence-corrected chi connectivity index (χ1v) is 3.28. The maximum absolute atomic E-state index is 9.06. The van der Waals surface area contributed by atoms with Crippen LogP contribution in [-0.2, 0) is 0 Å². The molecule has 0 aromatic heterocycles. The van der Waals surface area contributed by atoms with E-state index in [1.165, 1.54) is 18.8 Å². The third-order valence-corrected chi connectivity index (χ3v) is 1.72. The molecule has 1 aliphatic rings. The predicted octanol–water partition coefficient (Wildman–Crippen LogP) is 1.52. The first-order valence-electron chi connectivity index (χ1n) is 3.28. The zero-order chi connectivity index (χ0) is 5.98. The molecule has 1 radical (unpaired) electrons. The van der Waals surface area contributed by atoms with Gasteiger partial charge in [0.1, 0.15) is 0 Å². The van der Waals surface area contributed by atoms with Gasteiger partial charge in [-0.25, -0.2) is 0 Å². The molecule has 1 rings (SSSR count). The Bertz CT molecular complexity index is 62.8. The van der Waals surface area contributed by atoms with Gasteiger partial charge in [-0.15, -0.1) is 0 Å². The summed E-state index contributed by atoms with van der Waals surface area (Å²) in [4.78, 5) is 0. The first-order chi connectivity index (χ1) is 3.79. The molecule has 1 heteroatoms. The van der Waals surface area contributed by atoms with Crippen LogP contribution in [0.4, 0.5) is 0 Å². The molecule has 0 amide bonds. The zero-order valence-corrected chi connectivity index (χ0v) is 5.35. The smallest absolute Gasteiger partial charge is 0.0545 e. The van der Waals surface area contributed by atoms with Crippen LogP contribution >= 0.6 is 0 Å². The fourth-order valence-electron chi connectivity index (χ4n) is 1.25. The van der Waals surface area contributed by atoms with Crippen LogP contribution in [0, 0.1) is 5.92 Å². The summed E-state index contributed by atoms with van der Waals surface area (Å²) in [5.41, 5.74) is 0. The number of rotatable bonds is 0. The standard InChI is InChI=1S/C7H13O/c1-6-3-2-4-7(8)5-6/h7-8H,2-5H2,1H3. The molecule has 1 atom stereocenters. The molecule has 1 fully saturated rings. The van der Waals surface area contributed by atoms with Gasteiger partial charge in [-0.3, -0.25) is 0 Å². The van der Waals surface area contributed by atoms with E-state index < -0.39 is 0 Å². The third kappa shape index (κ3) is 1.48. The monoisotopic (exact) mass is 113 g/mol. The summed E-state index contributed by atoms with van der Waals surface area (Å²) in [5.74, 6) is 1.46. The highest BCUT2D eigenvalue weighted by Gasteiger charge is 2.15. The van der Waals surface area contributed by atoms with Crippen molar-refractivity contribution in [3.8, 4) is 0 Å². The molecule has 1 saturated carbocycles. The second kappa shape index (κ2) is 2.49. The summed E-state index contributed by atoms with van der Waals surface area (Å²) in [6.45, 7) is 2.13. The molecule has 0 spiro atoms. The van der Waals surface area contributed by atoms with E-state index in [0.29, 0.717) is 0 Å². The van der Waals surface area contributed by atoms with E-state index in [9.17, 15) is 0 Å². The van der Waals surface area contributed by atoms with Gasteiger partial charge in [0.15, 0.2) is 0 Å². The Hall–Kier alpha value is -0.0400. The van der Waals surface area contributed by atoms with Gasteiger partial charge in [-0.2, -0.15) is 0 Å². The molecule has 0 heterocycles.